The van der Waals surface area contributed by atoms with E-state index in [2.05, 4.69) is 4.72 Å². The Hall–Kier alpha value is -1.79. The van der Waals surface area contributed by atoms with Crippen LogP contribution in [0.25, 0.3) is 0 Å². The number of carbonyl (C=O) groups excluding carboxylic acids is 1. The third-order valence-electron chi connectivity index (χ3n) is 3.71. The minimum Gasteiger partial charge on any atom is -0.295 e. The molecule has 1 heterocycles. The van der Waals surface area contributed by atoms with Gasteiger partial charge in [0.15, 0.2) is 5.78 Å². The van der Waals surface area contributed by atoms with Crippen molar-refractivity contribution >= 4 is 33.3 Å². The Balaban J connectivity index is 1.89. The normalized spacial score (nSPS) is 14.1. The van der Waals surface area contributed by atoms with E-state index in [1.54, 1.807) is 30.0 Å². The summed E-state index contributed by atoms with van der Waals surface area (Å²) in [6.45, 7) is 1.42. The van der Waals surface area contributed by atoms with E-state index in [0.717, 1.165) is 18.6 Å². The van der Waals surface area contributed by atoms with Crippen LogP contribution in [0.4, 0.5) is 5.69 Å². The number of benzene rings is 2. The van der Waals surface area contributed by atoms with Crippen LogP contribution in [0.3, 0.4) is 0 Å². The van der Waals surface area contributed by atoms with Crippen LogP contribution in [0.1, 0.15) is 29.3 Å². The van der Waals surface area contributed by atoms with E-state index in [0.29, 0.717) is 11.3 Å². The fourth-order valence-electron chi connectivity index (χ4n) is 2.52. The summed E-state index contributed by atoms with van der Waals surface area (Å²) in [6.07, 6.45) is 2.08. The molecule has 1 aliphatic rings. The zero-order valence-corrected chi connectivity index (χ0v) is 14.3. The minimum absolute atomic E-state index is 0.0947. The van der Waals surface area contributed by atoms with E-state index >= 15 is 0 Å². The highest BCUT2D eigenvalue weighted by Gasteiger charge is 2.17. The molecule has 3 rings (SSSR count). The minimum atomic E-state index is -3.70. The second-order valence-corrected chi connectivity index (χ2v) is 8.28. The molecular weight excluding hydrogens is 330 g/mol. The van der Waals surface area contributed by atoms with Gasteiger partial charge in [-0.25, -0.2) is 8.42 Å². The van der Waals surface area contributed by atoms with Crippen LogP contribution < -0.4 is 4.72 Å². The molecule has 0 spiro atoms. The molecule has 2 aromatic carbocycles. The Morgan fingerprint density at radius 2 is 2.00 bits per heavy atom. The lowest BCUT2D eigenvalue weighted by Gasteiger charge is -2.16. The standard InChI is InChI=1S/C17H17NO3S2/c1-12(19)13-4-2-6-16(11-13)23(20,21)18-15-7-8-17-14(10-15)5-3-9-22-17/h2,4,6-8,10-11,18H,3,5,9H2,1H3. The number of carbonyl (C=O) groups is 1. The number of aryl methyl sites for hydroxylation is 1. The van der Waals surface area contributed by atoms with Gasteiger partial charge in [-0.05, 0) is 61.4 Å². The Labute approximate surface area is 140 Å². The maximum Gasteiger partial charge on any atom is 0.261 e. The number of hydrogen-bond acceptors (Lipinski definition) is 4. The first-order valence-corrected chi connectivity index (χ1v) is 9.82. The monoisotopic (exact) mass is 347 g/mol. The molecule has 0 unspecified atom stereocenters. The van der Waals surface area contributed by atoms with Crippen LogP contribution in [0, 0.1) is 0 Å². The van der Waals surface area contributed by atoms with Crippen molar-refractivity contribution < 1.29 is 13.2 Å². The lowest BCUT2D eigenvalue weighted by Crippen LogP contribution is -2.14. The van der Waals surface area contributed by atoms with Gasteiger partial charge in [0, 0.05) is 16.1 Å². The second kappa shape index (κ2) is 6.37. The Kier molecular flexibility index (Phi) is 4.46. The van der Waals surface area contributed by atoms with Crippen LogP contribution >= 0.6 is 11.8 Å². The smallest absolute Gasteiger partial charge is 0.261 e. The summed E-state index contributed by atoms with van der Waals surface area (Å²) in [5.41, 5.74) is 2.12. The predicted molar refractivity (Wildman–Crippen MR) is 92.7 cm³/mol. The second-order valence-electron chi connectivity index (χ2n) is 5.46. The van der Waals surface area contributed by atoms with Gasteiger partial charge in [0.05, 0.1) is 4.90 Å². The van der Waals surface area contributed by atoms with Crippen molar-refractivity contribution in [1.29, 1.82) is 0 Å². The molecular formula is C17H17NO3S2. The van der Waals surface area contributed by atoms with Crippen LogP contribution in [0.2, 0.25) is 0 Å². The maximum absolute atomic E-state index is 12.5. The van der Waals surface area contributed by atoms with E-state index in [1.807, 2.05) is 12.1 Å². The van der Waals surface area contributed by atoms with E-state index < -0.39 is 10.0 Å². The van der Waals surface area contributed by atoms with Crippen LogP contribution in [-0.4, -0.2) is 20.0 Å². The largest absolute Gasteiger partial charge is 0.295 e. The van der Waals surface area contributed by atoms with Crippen molar-refractivity contribution in [2.24, 2.45) is 0 Å². The van der Waals surface area contributed by atoms with Crippen LogP contribution in [0.15, 0.2) is 52.3 Å². The highest BCUT2D eigenvalue weighted by atomic mass is 32.2. The maximum atomic E-state index is 12.5. The first-order chi connectivity index (χ1) is 11.0. The number of sulfonamides is 1. The number of anilines is 1. The number of hydrogen-bond donors (Lipinski definition) is 1. The van der Waals surface area contributed by atoms with E-state index in [-0.39, 0.29) is 10.7 Å². The number of rotatable bonds is 4. The molecule has 0 atom stereocenters. The Bertz CT molecular complexity index is 860. The lowest BCUT2D eigenvalue weighted by atomic mass is 10.1. The van der Waals surface area contributed by atoms with E-state index in [9.17, 15) is 13.2 Å². The molecule has 2 aromatic rings. The molecule has 0 saturated carbocycles. The molecule has 0 saturated heterocycles. The van der Waals surface area contributed by atoms with Gasteiger partial charge in [-0.2, -0.15) is 0 Å². The fraction of sp³-hybridized carbons (Fsp3) is 0.235. The zero-order valence-electron chi connectivity index (χ0n) is 12.7. The highest BCUT2D eigenvalue weighted by Crippen LogP contribution is 2.32. The molecule has 1 N–H and O–H groups in total. The van der Waals surface area contributed by atoms with Gasteiger partial charge in [0.1, 0.15) is 0 Å². The van der Waals surface area contributed by atoms with Crippen molar-refractivity contribution in [2.75, 3.05) is 10.5 Å². The molecule has 0 aromatic heterocycles. The molecule has 0 amide bonds. The van der Waals surface area contributed by atoms with Crippen LogP contribution in [-0.2, 0) is 16.4 Å². The fourth-order valence-corrected chi connectivity index (χ4v) is 4.63. The number of Topliss-reactive ketones (excluding diaryl/α,β-unsaturated/α-hetero) is 1. The van der Waals surface area contributed by atoms with Gasteiger partial charge in [-0.15, -0.1) is 11.8 Å². The average Bonchev–Trinajstić information content (AvgIpc) is 2.54. The summed E-state index contributed by atoms with van der Waals surface area (Å²) in [5, 5.41) is 0. The summed E-state index contributed by atoms with van der Waals surface area (Å²) in [5.74, 6) is 0.948. The first-order valence-electron chi connectivity index (χ1n) is 7.35. The number of nitrogens with one attached hydrogen (secondary N) is 1. The van der Waals surface area contributed by atoms with Crippen molar-refractivity contribution in [3.8, 4) is 0 Å². The predicted octanol–water partition coefficient (Wildman–Crippen LogP) is 3.73. The summed E-state index contributed by atoms with van der Waals surface area (Å²) in [4.78, 5) is 12.7. The van der Waals surface area contributed by atoms with E-state index in [1.165, 1.54) is 29.5 Å². The van der Waals surface area contributed by atoms with Gasteiger partial charge in [-0.1, -0.05) is 12.1 Å². The molecule has 0 bridgehead atoms. The average molecular weight is 347 g/mol. The number of fused-ring (bicyclic) bond motifs is 1. The molecule has 0 fully saturated rings. The van der Waals surface area contributed by atoms with Crippen LogP contribution in [0.5, 0.6) is 0 Å². The van der Waals surface area contributed by atoms with Gasteiger partial charge in [0.25, 0.3) is 10.0 Å². The van der Waals surface area contributed by atoms with Crippen molar-refractivity contribution in [2.45, 2.75) is 29.6 Å². The molecule has 0 aliphatic carbocycles. The molecule has 120 valence electrons. The number of ketones is 1. The summed E-state index contributed by atoms with van der Waals surface area (Å²) in [6, 6.07) is 11.7. The third kappa shape index (κ3) is 3.59. The molecule has 6 heteroatoms. The third-order valence-corrected chi connectivity index (χ3v) is 6.29. The Morgan fingerprint density at radius 3 is 2.78 bits per heavy atom. The molecule has 1 aliphatic heterocycles. The lowest BCUT2D eigenvalue weighted by molar-refractivity contribution is 0.101. The summed E-state index contributed by atoms with van der Waals surface area (Å²) >= 11 is 1.80. The van der Waals surface area contributed by atoms with Crippen molar-refractivity contribution in [3.63, 3.8) is 0 Å². The summed E-state index contributed by atoms with van der Waals surface area (Å²) in [7, 11) is -3.70. The topological polar surface area (TPSA) is 63.2 Å². The number of thioether (sulfide) groups is 1. The van der Waals surface area contributed by atoms with E-state index in [4.69, 9.17) is 0 Å². The van der Waals surface area contributed by atoms with Gasteiger partial charge in [-0.3, -0.25) is 9.52 Å². The quantitative estimate of drug-likeness (QED) is 0.856. The van der Waals surface area contributed by atoms with Gasteiger partial charge < -0.3 is 0 Å². The zero-order chi connectivity index (χ0) is 16.4. The SMILES string of the molecule is CC(=O)c1cccc(S(=O)(=O)Nc2ccc3c(c2)CCCS3)c1. The molecule has 4 nitrogen and oxygen atoms in total. The molecule has 23 heavy (non-hydrogen) atoms. The van der Waals surface area contributed by atoms with Crippen molar-refractivity contribution in [3.05, 3.63) is 53.6 Å². The summed E-state index contributed by atoms with van der Waals surface area (Å²) < 4.78 is 27.6. The Morgan fingerprint density at radius 1 is 1.17 bits per heavy atom. The first kappa shape index (κ1) is 16.1. The highest BCUT2D eigenvalue weighted by molar-refractivity contribution is 7.99. The molecule has 0 radical (unpaired) electrons. The van der Waals surface area contributed by atoms with Gasteiger partial charge >= 0.3 is 0 Å². The van der Waals surface area contributed by atoms with Crippen molar-refractivity contribution in [1.82, 2.24) is 0 Å². The van der Waals surface area contributed by atoms with Gasteiger partial charge in [0.2, 0.25) is 0 Å².